The van der Waals surface area contributed by atoms with E-state index in [2.05, 4.69) is 20.4 Å². The van der Waals surface area contributed by atoms with Crippen molar-refractivity contribution in [1.82, 2.24) is 15.5 Å². The number of amides is 2. The first-order valence-electron chi connectivity index (χ1n) is 10.6. The maximum absolute atomic E-state index is 13.1. The SMILES string of the molecule is CCOC(=O)c1cccc(CNC(=O)NCCN2CCN(c3ccc(F)cc3)CC2)c1. The molecule has 1 aliphatic rings. The largest absolute Gasteiger partial charge is 0.462 e. The van der Waals surface area contributed by atoms with Gasteiger partial charge in [-0.05, 0) is 48.9 Å². The average molecular weight is 429 g/mol. The number of nitrogens with zero attached hydrogens (tertiary/aromatic N) is 2. The van der Waals surface area contributed by atoms with Gasteiger partial charge in [-0.2, -0.15) is 0 Å². The fourth-order valence-corrected chi connectivity index (χ4v) is 3.48. The van der Waals surface area contributed by atoms with Gasteiger partial charge in [0.05, 0.1) is 12.2 Å². The molecule has 166 valence electrons. The van der Waals surface area contributed by atoms with E-state index in [9.17, 15) is 14.0 Å². The number of esters is 1. The lowest BCUT2D eigenvalue weighted by Crippen LogP contribution is -2.49. The first-order chi connectivity index (χ1) is 15.0. The Hall–Kier alpha value is -3.13. The predicted molar refractivity (Wildman–Crippen MR) is 118 cm³/mol. The van der Waals surface area contributed by atoms with E-state index < -0.39 is 0 Å². The van der Waals surface area contributed by atoms with Crippen LogP contribution in [-0.4, -0.2) is 62.8 Å². The summed E-state index contributed by atoms with van der Waals surface area (Å²) in [6, 6.07) is 13.4. The number of ether oxygens (including phenoxy) is 1. The molecule has 1 fully saturated rings. The highest BCUT2D eigenvalue weighted by Gasteiger charge is 2.17. The molecule has 1 heterocycles. The molecule has 0 aliphatic carbocycles. The summed E-state index contributed by atoms with van der Waals surface area (Å²) in [5, 5.41) is 5.68. The third-order valence-corrected chi connectivity index (χ3v) is 5.17. The number of hydrogen-bond donors (Lipinski definition) is 2. The van der Waals surface area contributed by atoms with Crippen LogP contribution in [0, 0.1) is 5.82 Å². The molecule has 2 amide bonds. The lowest BCUT2D eigenvalue weighted by molar-refractivity contribution is 0.0526. The maximum Gasteiger partial charge on any atom is 0.338 e. The van der Waals surface area contributed by atoms with Crippen molar-refractivity contribution in [2.45, 2.75) is 13.5 Å². The Morgan fingerprint density at radius 2 is 1.77 bits per heavy atom. The monoisotopic (exact) mass is 428 g/mol. The summed E-state index contributed by atoms with van der Waals surface area (Å²) in [5.41, 5.74) is 2.34. The number of carbonyl (C=O) groups is 2. The minimum atomic E-state index is -0.367. The fourth-order valence-electron chi connectivity index (χ4n) is 3.48. The summed E-state index contributed by atoms with van der Waals surface area (Å²) in [5.74, 6) is -0.591. The number of hydrogen-bond acceptors (Lipinski definition) is 5. The molecule has 2 aromatic carbocycles. The molecular weight excluding hydrogens is 399 g/mol. The van der Waals surface area contributed by atoms with Crippen molar-refractivity contribution in [1.29, 1.82) is 0 Å². The number of rotatable bonds is 8. The molecule has 1 saturated heterocycles. The summed E-state index contributed by atoms with van der Waals surface area (Å²) >= 11 is 0. The van der Waals surface area contributed by atoms with Gasteiger partial charge in [0.15, 0.2) is 0 Å². The van der Waals surface area contributed by atoms with E-state index in [1.165, 1.54) is 12.1 Å². The summed E-state index contributed by atoms with van der Waals surface area (Å²) in [7, 11) is 0. The second kappa shape index (κ2) is 11.3. The summed E-state index contributed by atoms with van der Waals surface area (Å²) in [6.45, 7) is 7.25. The van der Waals surface area contributed by atoms with Crippen LogP contribution in [0.4, 0.5) is 14.9 Å². The molecule has 2 N–H and O–H groups in total. The number of urea groups is 1. The van der Waals surface area contributed by atoms with E-state index in [0.717, 1.165) is 44.0 Å². The smallest absolute Gasteiger partial charge is 0.338 e. The molecule has 0 aromatic heterocycles. The summed E-state index contributed by atoms with van der Waals surface area (Å²) in [6.07, 6.45) is 0. The fraction of sp³-hybridized carbons (Fsp3) is 0.391. The van der Waals surface area contributed by atoms with Crippen molar-refractivity contribution >= 4 is 17.7 Å². The van der Waals surface area contributed by atoms with Gasteiger partial charge in [-0.1, -0.05) is 12.1 Å². The van der Waals surface area contributed by atoms with E-state index in [-0.39, 0.29) is 17.8 Å². The van der Waals surface area contributed by atoms with Gasteiger partial charge in [-0.15, -0.1) is 0 Å². The number of anilines is 1. The van der Waals surface area contributed by atoms with Crippen LogP contribution in [0.15, 0.2) is 48.5 Å². The van der Waals surface area contributed by atoms with Crippen LogP contribution in [0.3, 0.4) is 0 Å². The summed E-state index contributed by atoms with van der Waals surface area (Å²) in [4.78, 5) is 28.4. The van der Waals surface area contributed by atoms with Crippen molar-refractivity contribution in [3.63, 3.8) is 0 Å². The molecule has 0 unspecified atom stereocenters. The Morgan fingerprint density at radius 1 is 1.03 bits per heavy atom. The van der Waals surface area contributed by atoms with Crippen LogP contribution in [0.1, 0.15) is 22.8 Å². The minimum absolute atomic E-state index is 0.224. The zero-order valence-electron chi connectivity index (χ0n) is 17.8. The van der Waals surface area contributed by atoms with Gasteiger partial charge in [0, 0.05) is 51.5 Å². The molecule has 3 rings (SSSR count). The second-order valence-electron chi connectivity index (χ2n) is 7.34. The van der Waals surface area contributed by atoms with Gasteiger partial charge in [-0.3, -0.25) is 4.90 Å². The van der Waals surface area contributed by atoms with E-state index in [1.807, 2.05) is 6.07 Å². The van der Waals surface area contributed by atoms with Crippen LogP contribution < -0.4 is 15.5 Å². The topological polar surface area (TPSA) is 73.9 Å². The van der Waals surface area contributed by atoms with Crippen molar-refractivity contribution in [2.24, 2.45) is 0 Å². The molecule has 0 spiro atoms. The van der Waals surface area contributed by atoms with Crippen LogP contribution >= 0.6 is 0 Å². The standard InChI is InChI=1S/C23H29FN4O3/c1-2-31-22(29)19-5-3-4-18(16-19)17-26-23(30)25-10-11-27-12-14-28(15-13-27)21-8-6-20(24)7-9-21/h3-9,16H,2,10-15,17H2,1H3,(H2,25,26,30). The quantitative estimate of drug-likeness (QED) is 0.633. The van der Waals surface area contributed by atoms with Gasteiger partial charge in [0.2, 0.25) is 0 Å². The number of piperazine rings is 1. The predicted octanol–water partition coefficient (Wildman–Crippen LogP) is 2.62. The molecule has 0 radical (unpaired) electrons. The van der Waals surface area contributed by atoms with Crippen molar-refractivity contribution < 1.29 is 18.7 Å². The number of carbonyl (C=O) groups excluding carboxylic acids is 2. The van der Waals surface area contributed by atoms with E-state index in [1.54, 1.807) is 37.3 Å². The van der Waals surface area contributed by atoms with Crippen molar-refractivity contribution in [2.75, 3.05) is 50.8 Å². The Morgan fingerprint density at radius 3 is 2.48 bits per heavy atom. The maximum atomic E-state index is 13.1. The number of halogens is 1. The third kappa shape index (κ3) is 6.96. The second-order valence-corrected chi connectivity index (χ2v) is 7.34. The van der Waals surface area contributed by atoms with Gasteiger partial charge in [0.25, 0.3) is 0 Å². The van der Waals surface area contributed by atoms with Gasteiger partial charge >= 0.3 is 12.0 Å². The molecule has 31 heavy (non-hydrogen) atoms. The van der Waals surface area contributed by atoms with E-state index in [0.29, 0.717) is 25.3 Å². The highest BCUT2D eigenvalue weighted by atomic mass is 19.1. The zero-order chi connectivity index (χ0) is 22.1. The van der Waals surface area contributed by atoms with Crippen LogP contribution in [-0.2, 0) is 11.3 Å². The van der Waals surface area contributed by atoms with Crippen LogP contribution in [0.25, 0.3) is 0 Å². The average Bonchev–Trinajstić information content (AvgIpc) is 2.79. The van der Waals surface area contributed by atoms with Crippen LogP contribution in [0.5, 0.6) is 0 Å². The van der Waals surface area contributed by atoms with Crippen LogP contribution in [0.2, 0.25) is 0 Å². The van der Waals surface area contributed by atoms with E-state index >= 15 is 0 Å². The van der Waals surface area contributed by atoms with Gasteiger partial charge < -0.3 is 20.3 Å². The molecule has 1 aliphatic heterocycles. The van der Waals surface area contributed by atoms with Gasteiger partial charge in [0.1, 0.15) is 5.82 Å². The lowest BCUT2D eigenvalue weighted by atomic mass is 10.1. The zero-order valence-corrected chi connectivity index (χ0v) is 17.8. The molecule has 0 saturated carbocycles. The molecule has 2 aromatic rings. The highest BCUT2D eigenvalue weighted by molar-refractivity contribution is 5.89. The first-order valence-corrected chi connectivity index (χ1v) is 10.6. The lowest BCUT2D eigenvalue weighted by Gasteiger charge is -2.36. The summed E-state index contributed by atoms with van der Waals surface area (Å²) < 4.78 is 18.1. The minimum Gasteiger partial charge on any atom is -0.462 e. The van der Waals surface area contributed by atoms with Crippen molar-refractivity contribution in [3.8, 4) is 0 Å². The molecule has 0 bridgehead atoms. The molecule has 7 nitrogen and oxygen atoms in total. The molecular formula is C23H29FN4O3. The number of nitrogens with one attached hydrogen (secondary N) is 2. The van der Waals surface area contributed by atoms with Gasteiger partial charge in [-0.25, -0.2) is 14.0 Å². The highest BCUT2D eigenvalue weighted by Crippen LogP contribution is 2.16. The van der Waals surface area contributed by atoms with Crippen molar-refractivity contribution in [3.05, 3.63) is 65.5 Å². The Balaban J connectivity index is 1.33. The molecule has 0 atom stereocenters. The Bertz CT molecular complexity index is 867. The third-order valence-electron chi connectivity index (χ3n) is 5.17. The Kier molecular flexibility index (Phi) is 8.23. The number of benzene rings is 2. The molecule has 8 heteroatoms. The normalized spacial score (nSPS) is 14.2. The Labute approximate surface area is 182 Å². The van der Waals surface area contributed by atoms with E-state index in [4.69, 9.17) is 4.74 Å². The first kappa shape index (κ1) is 22.6.